The number of aryl methyl sites for hydroxylation is 1. The smallest absolute Gasteiger partial charge is 0.409 e. The fourth-order valence-electron chi connectivity index (χ4n) is 8.25. The van der Waals surface area contributed by atoms with Crippen LogP contribution < -0.4 is 15.1 Å². The average molecular weight is 815 g/mol. The van der Waals surface area contributed by atoms with Gasteiger partial charge in [0.25, 0.3) is 0 Å². The average Bonchev–Trinajstić information content (AvgIpc) is 3.20. The first kappa shape index (κ1) is 48.0. The number of likely N-dealkylation sites (N-methyl/N-ethyl adjacent to an activating group) is 1. The Balaban J connectivity index is 0.000000305. The fraction of sp³-hybridized carbons (Fsp3) is 0.674. The van der Waals surface area contributed by atoms with E-state index in [9.17, 15) is 19.2 Å². The summed E-state index contributed by atoms with van der Waals surface area (Å²) in [5.41, 5.74) is 1.80. The van der Waals surface area contributed by atoms with Crippen molar-refractivity contribution in [1.29, 1.82) is 0 Å². The molecule has 1 N–H and O–H groups in total. The minimum Gasteiger partial charge on any atom is -0.450 e. The number of ether oxygens (including phenoxy) is 1. The van der Waals surface area contributed by atoms with Crippen LogP contribution in [0.15, 0.2) is 24.5 Å². The van der Waals surface area contributed by atoms with Gasteiger partial charge in [-0.1, -0.05) is 41.5 Å². The molecule has 1 saturated carbocycles. The number of piperazine rings is 1. The van der Waals surface area contributed by atoms with Crippen molar-refractivity contribution >= 4 is 35.7 Å². The van der Waals surface area contributed by atoms with Crippen LogP contribution in [0.3, 0.4) is 0 Å². The summed E-state index contributed by atoms with van der Waals surface area (Å²) in [6.07, 6.45) is 9.36. The fourth-order valence-corrected chi connectivity index (χ4v) is 8.25. The molecule has 5 heterocycles. The van der Waals surface area contributed by atoms with Crippen LogP contribution in [0, 0.1) is 29.9 Å². The first-order valence-corrected chi connectivity index (χ1v) is 21.4. The molecule has 1 aliphatic carbocycles. The molecule has 1 spiro atoms. The van der Waals surface area contributed by atoms with Gasteiger partial charge in [-0.25, -0.2) is 23.5 Å². The molecule has 13 nitrogen and oxygen atoms in total. The van der Waals surface area contributed by atoms with E-state index in [1.807, 2.05) is 67.8 Å². The molecule has 5 fully saturated rings. The van der Waals surface area contributed by atoms with Gasteiger partial charge in [0.2, 0.25) is 18.2 Å². The van der Waals surface area contributed by atoms with E-state index in [1.165, 1.54) is 22.6 Å². The minimum atomic E-state index is -0.654. The molecule has 7 rings (SSSR count). The molecule has 4 aliphatic heterocycles. The molecule has 0 radical (unpaired) electrons. The third kappa shape index (κ3) is 12.3. The molecular weight excluding hydrogens is 747 g/mol. The maximum absolute atomic E-state index is 15.0. The third-order valence-corrected chi connectivity index (χ3v) is 11.3. The highest BCUT2D eigenvalue weighted by Crippen LogP contribution is 2.56. The zero-order valence-corrected chi connectivity index (χ0v) is 36.4. The Morgan fingerprint density at radius 2 is 1.50 bits per heavy atom. The number of imide groups is 1. The van der Waals surface area contributed by atoms with Crippen molar-refractivity contribution in [3.63, 3.8) is 0 Å². The second kappa shape index (κ2) is 23.3. The largest absolute Gasteiger partial charge is 0.450 e. The van der Waals surface area contributed by atoms with Crippen molar-refractivity contribution in [2.75, 3.05) is 82.4 Å². The quantitative estimate of drug-likeness (QED) is 0.236. The number of halogens is 2. The summed E-state index contributed by atoms with van der Waals surface area (Å²) in [7, 11) is 1.60. The number of carbonyl (C=O) groups is 4. The molecule has 1 atom stereocenters. The van der Waals surface area contributed by atoms with Gasteiger partial charge in [-0.3, -0.25) is 24.6 Å². The van der Waals surface area contributed by atoms with Crippen molar-refractivity contribution in [1.82, 2.24) is 30.0 Å². The van der Waals surface area contributed by atoms with Gasteiger partial charge in [0.1, 0.15) is 17.6 Å². The number of benzene rings is 1. The zero-order valence-electron chi connectivity index (χ0n) is 36.4. The lowest BCUT2D eigenvalue weighted by Crippen LogP contribution is -2.63. The molecule has 15 heteroatoms. The summed E-state index contributed by atoms with van der Waals surface area (Å²) >= 11 is 0. The predicted molar refractivity (Wildman–Crippen MR) is 224 cm³/mol. The van der Waals surface area contributed by atoms with Gasteiger partial charge in [-0.2, -0.15) is 0 Å². The van der Waals surface area contributed by atoms with Crippen molar-refractivity contribution in [2.24, 2.45) is 11.3 Å². The highest BCUT2D eigenvalue weighted by Gasteiger charge is 2.54. The molecule has 1 aromatic heterocycles. The van der Waals surface area contributed by atoms with Crippen molar-refractivity contribution in [2.45, 2.75) is 106 Å². The molecule has 58 heavy (non-hydrogen) atoms. The number of hydrogen-bond donors (Lipinski definition) is 1. The van der Waals surface area contributed by atoms with Crippen molar-refractivity contribution in [3.05, 3.63) is 47.5 Å². The second-order valence-electron chi connectivity index (χ2n) is 14.9. The number of hydrogen-bond acceptors (Lipinski definition) is 10. The van der Waals surface area contributed by atoms with Gasteiger partial charge < -0.3 is 24.3 Å². The summed E-state index contributed by atoms with van der Waals surface area (Å²) in [6.45, 7) is 22.9. The number of piperidine rings is 2. The number of aromatic nitrogens is 2. The Morgan fingerprint density at radius 1 is 0.931 bits per heavy atom. The van der Waals surface area contributed by atoms with E-state index in [1.54, 1.807) is 21.7 Å². The first-order valence-electron chi connectivity index (χ1n) is 21.4. The van der Waals surface area contributed by atoms with Gasteiger partial charge >= 0.3 is 6.09 Å². The van der Waals surface area contributed by atoms with Crippen LogP contribution in [-0.4, -0.2) is 128 Å². The lowest BCUT2D eigenvalue weighted by Gasteiger charge is -2.58. The third-order valence-electron chi connectivity index (χ3n) is 11.3. The molecule has 1 aromatic carbocycles. The summed E-state index contributed by atoms with van der Waals surface area (Å²) in [4.78, 5) is 63.6. The van der Waals surface area contributed by atoms with Crippen LogP contribution in [0.1, 0.15) is 104 Å². The summed E-state index contributed by atoms with van der Waals surface area (Å²) in [5.74, 6) is -0.171. The van der Waals surface area contributed by atoms with Crippen LogP contribution in [0.5, 0.6) is 0 Å². The topological polar surface area (TPSA) is 132 Å². The lowest BCUT2D eigenvalue weighted by molar-refractivity contribution is -0.134. The first-order chi connectivity index (χ1) is 28.0. The SMILES string of the molecule is CC.CC.CC.CCOC(=O)N1CC2(CC(c3cnc(C)nc3)C2)C1.CN(c1cc(F)c(N2CCN(CC3CCN(C=O)CC3)CC2)c(F)c1)C1CCC(=O)NC1=O. The maximum Gasteiger partial charge on any atom is 0.409 e. The van der Waals surface area contributed by atoms with E-state index < -0.39 is 23.6 Å². The Hall–Kier alpha value is -4.40. The van der Waals surface area contributed by atoms with Gasteiger partial charge in [0.15, 0.2) is 11.6 Å². The van der Waals surface area contributed by atoms with Crippen molar-refractivity contribution in [3.8, 4) is 0 Å². The second-order valence-corrected chi connectivity index (χ2v) is 14.9. The van der Waals surface area contributed by atoms with E-state index in [-0.39, 0.29) is 29.8 Å². The van der Waals surface area contributed by atoms with Crippen LogP contribution >= 0.6 is 0 Å². The van der Waals surface area contributed by atoms with Gasteiger partial charge in [-0.15, -0.1) is 0 Å². The van der Waals surface area contributed by atoms with E-state index in [0.717, 1.165) is 83.7 Å². The number of rotatable bonds is 8. The van der Waals surface area contributed by atoms with Crippen molar-refractivity contribution < 1.29 is 32.7 Å². The minimum absolute atomic E-state index is 0.0330. The summed E-state index contributed by atoms with van der Waals surface area (Å²) in [6, 6.07) is 1.87. The molecule has 4 saturated heterocycles. The zero-order chi connectivity index (χ0) is 43.0. The molecule has 0 bridgehead atoms. The normalized spacial score (nSPS) is 20.2. The number of nitrogens with zero attached hydrogens (tertiary/aromatic N) is 7. The Kier molecular flexibility index (Phi) is 19.2. The van der Waals surface area contributed by atoms with E-state index in [2.05, 4.69) is 20.2 Å². The number of amides is 4. The standard InChI is InChI=1S/C23H31F2N5O3.C14H19N3O2.3C2H6/c1-27(20-2-3-21(32)26-23(20)33)17-12-18(24)22(19(25)13-17)30-10-8-28(9-11-30)14-16-4-6-29(15-31)7-5-16;1-3-19-13(18)17-8-14(9-17)4-11(5-14)12-6-15-10(2)16-7-12;3*1-2/h12-13,15-16,20H,2-11,14H2,1H3,(H,26,32,33);6-7,11H,3-5,8-9H2,1-2H3;3*1-2H3. The number of nitrogens with one attached hydrogen (secondary N) is 1. The molecule has 324 valence electrons. The van der Waals surface area contributed by atoms with E-state index in [0.29, 0.717) is 43.4 Å². The number of likely N-dealkylation sites (tertiary alicyclic amines) is 2. The Labute approximate surface area is 344 Å². The molecule has 5 aliphatic rings. The molecule has 1 unspecified atom stereocenters. The number of anilines is 2. The summed E-state index contributed by atoms with van der Waals surface area (Å²) in [5, 5.41) is 2.27. The van der Waals surface area contributed by atoms with Crippen LogP contribution in [0.25, 0.3) is 0 Å². The lowest BCUT2D eigenvalue weighted by atomic mass is 9.56. The highest BCUT2D eigenvalue weighted by atomic mass is 19.1. The molecular formula is C43H68F2N8O5. The Morgan fingerprint density at radius 3 is 2.02 bits per heavy atom. The number of carbonyl (C=O) groups excluding carboxylic acids is 4. The van der Waals surface area contributed by atoms with E-state index in [4.69, 9.17) is 4.74 Å². The molecule has 2 aromatic rings. The molecule has 4 amide bonds. The maximum atomic E-state index is 15.0. The van der Waals surface area contributed by atoms with Crippen LogP contribution in [0.2, 0.25) is 0 Å². The van der Waals surface area contributed by atoms with Crippen LogP contribution in [0.4, 0.5) is 25.0 Å². The van der Waals surface area contributed by atoms with Gasteiger partial charge in [-0.05, 0) is 75.5 Å². The predicted octanol–water partition coefficient (Wildman–Crippen LogP) is 6.40. The monoisotopic (exact) mass is 815 g/mol. The Bertz CT molecular complexity index is 1580. The summed E-state index contributed by atoms with van der Waals surface area (Å²) < 4.78 is 35.0. The van der Waals surface area contributed by atoms with Crippen LogP contribution in [-0.2, 0) is 19.1 Å². The van der Waals surface area contributed by atoms with E-state index >= 15 is 8.78 Å². The van der Waals surface area contributed by atoms with Gasteiger partial charge in [0.05, 0.1) is 6.61 Å². The van der Waals surface area contributed by atoms with Gasteiger partial charge in [0, 0.05) is 95.9 Å². The highest BCUT2D eigenvalue weighted by molar-refractivity contribution is 6.01.